The largest absolute Gasteiger partial charge is 0.496 e. The van der Waals surface area contributed by atoms with Gasteiger partial charge in [0.05, 0.1) is 7.11 Å². The van der Waals surface area contributed by atoms with Gasteiger partial charge >= 0.3 is 0 Å². The van der Waals surface area contributed by atoms with Crippen LogP contribution in [-0.2, 0) is 6.42 Å². The molecule has 0 heterocycles. The Hall–Kier alpha value is -0.540. The maximum atomic E-state index is 5.47. The van der Waals surface area contributed by atoms with E-state index in [0.29, 0.717) is 17.9 Å². The number of rotatable bonds is 7. The number of nitrogens with one attached hydrogen (secondary N) is 1. The Bertz CT molecular complexity index is 390. The van der Waals surface area contributed by atoms with Crippen molar-refractivity contribution in [3.8, 4) is 5.75 Å². The van der Waals surface area contributed by atoms with Crippen LogP contribution in [0, 0.1) is 11.8 Å². The molecule has 0 aliphatic carbocycles. The maximum Gasteiger partial charge on any atom is 0.122 e. The molecule has 1 aromatic rings. The fourth-order valence-electron chi connectivity index (χ4n) is 2.12. The molecule has 0 aliphatic heterocycles. The molecule has 0 radical (unpaired) electrons. The highest BCUT2D eigenvalue weighted by atomic mass is 79.9. The minimum atomic E-state index is 0.533. The molecule has 0 spiro atoms. The van der Waals surface area contributed by atoms with E-state index in [9.17, 15) is 0 Å². The number of ether oxygens (including phenoxy) is 1. The van der Waals surface area contributed by atoms with Gasteiger partial charge in [0.2, 0.25) is 0 Å². The van der Waals surface area contributed by atoms with Crippen LogP contribution in [0.25, 0.3) is 0 Å². The van der Waals surface area contributed by atoms with Crippen molar-refractivity contribution in [3.05, 3.63) is 28.2 Å². The third-order valence-corrected chi connectivity index (χ3v) is 3.95. The van der Waals surface area contributed by atoms with Crippen molar-refractivity contribution in [1.82, 2.24) is 5.32 Å². The van der Waals surface area contributed by atoms with Crippen LogP contribution < -0.4 is 10.1 Å². The number of halogens is 1. The van der Waals surface area contributed by atoms with E-state index >= 15 is 0 Å². The fraction of sp³-hybridized carbons (Fsp3) is 0.625. The van der Waals surface area contributed by atoms with E-state index < -0.39 is 0 Å². The molecule has 3 heteroatoms. The molecule has 0 bridgehead atoms. The first-order chi connectivity index (χ1) is 8.93. The Labute approximate surface area is 126 Å². The van der Waals surface area contributed by atoms with E-state index in [1.807, 2.05) is 12.1 Å². The molecule has 2 nitrogen and oxygen atoms in total. The fourth-order valence-corrected chi connectivity index (χ4v) is 2.53. The summed E-state index contributed by atoms with van der Waals surface area (Å²) in [5.74, 6) is 2.25. The summed E-state index contributed by atoms with van der Waals surface area (Å²) in [5.41, 5.74) is 1.28. The molecule has 0 saturated heterocycles. The first-order valence-corrected chi connectivity index (χ1v) is 7.79. The highest BCUT2D eigenvalue weighted by molar-refractivity contribution is 9.10. The van der Waals surface area contributed by atoms with Gasteiger partial charge in [-0.05, 0) is 48.6 Å². The lowest BCUT2D eigenvalue weighted by Crippen LogP contribution is -2.32. The minimum Gasteiger partial charge on any atom is -0.496 e. The molecular weight excluding hydrogens is 302 g/mol. The Morgan fingerprint density at radius 1 is 1.21 bits per heavy atom. The minimum absolute atomic E-state index is 0.533. The lowest BCUT2D eigenvalue weighted by molar-refractivity contribution is 0.341. The van der Waals surface area contributed by atoms with Gasteiger partial charge < -0.3 is 10.1 Å². The average molecular weight is 328 g/mol. The van der Waals surface area contributed by atoms with Gasteiger partial charge in [-0.25, -0.2) is 0 Å². The maximum absolute atomic E-state index is 5.47. The highest BCUT2D eigenvalue weighted by Crippen LogP contribution is 2.27. The topological polar surface area (TPSA) is 21.3 Å². The lowest BCUT2D eigenvalue weighted by atomic mass is 9.88. The van der Waals surface area contributed by atoms with Crippen LogP contribution in [0.3, 0.4) is 0 Å². The SMILES string of the molecule is COc1ccc(Br)cc1CC(CNC(C)C)C(C)C. The molecule has 1 rings (SSSR count). The zero-order valence-electron chi connectivity index (χ0n) is 12.7. The third-order valence-electron chi connectivity index (χ3n) is 3.46. The van der Waals surface area contributed by atoms with E-state index in [1.165, 1.54) is 5.56 Å². The van der Waals surface area contributed by atoms with Crippen LogP contribution in [0.1, 0.15) is 33.3 Å². The summed E-state index contributed by atoms with van der Waals surface area (Å²) < 4.78 is 6.58. The Kier molecular flexibility index (Phi) is 6.87. The lowest BCUT2D eigenvalue weighted by Gasteiger charge is -2.24. The van der Waals surface area contributed by atoms with Crippen molar-refractivity contribution >= 4 is 15.9 Å². The predicted octanol–water partition coefficient (Wildman–Crippen LogP) is 4.27. The van der Waals surface area contributed by atoms with Crippen LogP contribution >= 0.6 is 15.9 Å². The smallest absolute Gasteiger partial charge is 0.122 e. The van der Waals surface area contributed by atoms with Crippen LogP contribution in [0.4, 0.5) is 0 Å². The van der Waals surface area contributed by atoms with Crippen LogP contribution in [0.5, 0.6) is 5.75 Å². The summed E-state index contributed by atoms with van der Waals surface area (Å²) in [7, 11) is 1.74. The molecule has 0 amide bonds. The summed E-state index contributed by atoms with van der Waals surface area (Å²) in [6, 6.07) is 6.76. The highest BCUT2D eigenvalue weighted by Gasteiger charge is 2.17. The zero-order valence-corrected chi connectivity index (χ0v) is 14.3. The second kappa shape index (κ2) is 7.91. The summed E-state index contributed by atoms with van der Waals surface area (Å²) in [6.45, 7) is 10.0. The quantitative estimate of drug-likeness (QED) is 0.807. The van der Waals surface area contributed by atoms with Gasteiger partial charge in [0.25, 0.3) is 0 Å². The van der Waals surface area contributed by atoms with Gasteiger partial charge in [0.15, 0.2) is 0 Å². The molecule has 0 aliphatic rings. The van der Waals surface area contributed by atoms with E-state index in [-0.39, 0.29) is 0 Å². The second-order valence-corrected chi connectivity index (χ2v) is 6.64. The van der Waals surface area contributed by atoms with Gasteiger partial charge in [-0.2, -0.15) is 0 Å². The van der Waals surface area contributed by atoms with Crippen molar-refractivity contribution in [2.24, 2.45) is 11.8 Å². The first-order valence-electron chi connectivity index (χ1n) is 6.99. The first kappa shape index (κ1) is 16.5. The summed E-state index contributed by atoms with van der Waals surface area (Å²) >= 11 is 3.54. The van der Waals surface area contributed by atoms with Gasteiger partial charge in [-0.3, -0.25) is 0 Å². The molecular formula is C16H26BrNO. The summed E-state index contributed by atoms with van der Waals surface area (Å²) in [6.07, 6.45) is 1.04. The standard InChI is InChI=1S/C16H26BrNO/c1-11(2)14(10-18-12(3)4)8-13-9-15(17)6-7-16(13)19-5/h6-7,9,11-12,14,18H,8,10H2,1-5H3. The van der Waals surface area contributed by atoms with Crippen LogP contribution in [0.15, 0.2) is 22.7 Å². The van der Waals surface area contributed by atoms with Crippen molar-refractivity contribution in [3.63, 3.8) is 0 Å². The van der Waals surface area contributed by atoms with Gasteiger partial charge in [0, 0.05) is 10.5 Å². The number of methoxy groups -OCH3 is 1. The molecule has 1 N–H and O–H groups in total. The predicted molar refractivity (Wildman–Crippen MR) is 85.9 cm³/mol. The van der Waals surface area contributed by atoms with E-state index in [1.54, 1.807) is 7.11 Å². The normalized spacial score (nSPS) is 13.1. The van der Waals surface area contributed by atoms with Crippen molar-refractivity contribution < 1.29 is 4.74 Å². The van der Waals surface area contributed by atoms with Crippen LogP contribution in [0.2, 0.25) is 0 Å². The average Bonchev–Trinajstić information content (AvgIpc) is 2.34. The third kappa shape index (κ3) is 5.53. The monoisotopic (exact) mass is 327 g/mol. The molecule has 19 heavy (non-hydrogen) atoms. The van der Waals surface area contributed by atoms with Crippen LogP contribution in [-0.4, -0.2) is 19.7 Å². The van der Waals surface area contributed by atoms with E-state index in [4.69, 9.17) is 4.74 Å². The van der Waals surface area contributed by atoms with Crippen molar-refractivity contribution in [2.75, 3.05) is 13.7 Å². The van der Waals surface area contributed by atoms with Gasteiger partial charge in [-0.15, -0.1) is 0 Å². The molecule has 0 fully saturated rings. The van der Waals surface area contributed by atoms with E-state index in [2.05, 4.69) is 55.0 Å². The van der Waals surface area contributed by atoms with Gasteiger partial charge in [0.1, 0.15) is 5.75 Å². The number of hydrogen-bond donors (Lipinski definition) is 1. The molecule has 1 atom stereocenters. The molecule has 0 saturated carbocycles. The molecule has 0 aromatic heterocycles. The summed E-state index contributed by atoms with van der Waals surface area (Å²) in [5, 5.41) is 3.55. The Morgan fingerprint density at radius 3 is 2.42 bits per heavy atom. The molecule has 108 valence electrons. The van der Waals surface area contributed by atoms with Gasteiger partial charge in [-0.1, -0.05) is 43.6 Å². The second-order valence-electron chi connectivity index (χ2n) is 5.73. The zero-order chi connectivity index (χ0) is 14.4. The molecule has 1 aromatic carbocycles. The van der Waals surface area contributed by atoms with Crippen molar-refractivity contribution in [2.45, 2.75) is 40.2 Å². The summed E-state index contributed by atoms with van der Waals surface area (Å²) in [4.78, 5) is 0. The van der Waals surface area contributed by atoms with E-state index in [0.717, 1.165) is 23.2 Å². The number of benzene rings is 1. The molecule has 1 unspecified atom stereocenters. The van der Waals surface area contributed by atoms with Crippen molar-refractivity contribution in [1.29, 1.82) is 0 Å². The number of hydrogen-bond acceptors (Lipinski definition) is 2. The Morgan fingerprint density at radius 2 is 1.89 bits per heavy atom. The Balaban J connectivity index is 2.80.